The second kappa shape index (κ2) is 6.60. The molecule has 1 saturated carbocycles. The smallest absolute Gasteiger partial charge is 0.253 e. The maximum Gasteiger partial charge on any atom is 0.253 e. The van der Waals surface area contributed by atoms with Crippen LogP contribution in [0.5, 0.6) is 0 Å². The molecular weight excluding hydrogens is 290 g/mol. The minimum absolute atomic E-state index is 0.0953. The first kappa shape index (κ1) is 15.2. The van der Waals surface area contributed by atoms with Crippen molar-refractivity contribution >= 4 is 17.5 Å². The number of anilines is 1. The van der Waals surface area contributed by atoms with Gasteiger partial charge in [0, 0.05) is 30.0 Å². The molecule has 1 aliphatic rings. The van der Waals surface area contributed by atoms with Gasteiger partial charge in [-0.2, -0.15) is 0 Å². The van der Waals surface area contributed by atoms with Crippen LogP contribution in [0.4, 0.5) is 5.69 Å². The number of hydrogen-bond donors (Lipinski definition) is 2. The molecule has 1 heterocycles. The number of nitrogens with one attached hydrogen (secondary N) is 2. The molecule has 0 unspecified atom stereocenters. The molecule has 0 radical (unpaired) electrons. The molecule has 2 N–H and O–H groups in total. The molecule has 0 bridgehead atoms. The van der Waals surface area contributed by atoms with E-state index < -0.39 is 0 Å². The van der Waals surface area contributed by atoms with Gasteiger partial charge in [-0.25, -0.2) is 0 Å². The lowest BCUT2D eigenvalue weighted by Gasteiger charge is -2.08. The van der Waals surface area contributed by atoms with Crippen molar-refractivity contribution < 1.29 is 9.59 Å². The molecule has 1 fully saturated rings. The van der Waals surface area contributed by atoms with Crippen LogP contribution in [-0.2, 0) is 11.3 Å². The molecular formula is C18H19N3O2. The summed E-state index contributed by atoms with van der Waals surface area (Å²) in [7, 11) is 0. The quantitative estimate of drug-likeness (QED) is 0.892. The van der Waals surface area contributed by atoms with E-state index in [9.17, 15) is 9.59 Å². The van der Waals surface area contributed by atoms with Gasteiger partial charge in [0.1, 0.15) is 0 Å². The number of benzene rings is 1. The maximum atomic E-state index is 12.0. The predicted molar refractivity (Wildman–Crippen MR) is 87.9 cm³/mol. The highest BCUT2D eigenvalue weighted by molar-refractivity contribution is 5.94. The molecule has 1 aromatic heterocycles. The van der Waals surface area contributed by atoms with E-state index in [2.05, 4.69) is 15.6 Å². The molecule has 1 aliphatic carbocycles. The number of carbonyl (C=O) groups is 2. The highest BCUT2D eigenvalue weighted by atomic mass is 16.2. The van der Waals surface area contributed by atoms with Gasteiger partial charge in [-0.1, -0.05) is 12.1 Å². The lowest BCUT2D eigenvalue weighted by Crippen LogP contribution is -2.23. The van der Waals surface area contributed by atoms with Crippen molar-refractivity contribution in [2.75, 3.05) is 5.32 Å². The fourth-order valence-electron chi connectivity index (χ4n) is 2.18. The second-order valence-electron chi connectivity index (χ2n) is 5.83. The Bertz CT molecular complexity index is 704. The number of rotatable bonds is 5. The summed E-state index contributed by atoms with van der Waals surface area (Å²) >= 11 is 0. The standard InChI is InChI=1S/C18H19N3O2/c1-12-2-5-15(11-19-12)17(22)20-10-13-3-8-16(9-4-13)21-18(23)14-6-7-14/h2-5,8-9,11,14H,6-7,10H2,1H3,(H,20,22)(H,21,23). The molecule has 0 saturated heterocycles. The minimum atomic E-state index is -0.149. The van der Waals surface area contributed by atoms with Crippen molar-refractivity contribution in [3.8, 4) is 0 Å². The SMILES string of the molecule is Cc1ccc(C(=O)NCc2ccc(NC(=O)C3CC3)cc2)cn1. The fourth-order valence-corrected chi connectivity index (χ4v) is 2.18. The Morgan fingerprint density at radius 2 is 1.87 bits per heavy atom. The van der Waals surface area contributed by atoms with Gasteiger partial charge in [0.05, 0.1) is 5.56 Å². The minimum Gasteiger partial charge on any atom is -0.348 e. The van der Waals surface area contributed by atoms with Gasteiger partial charge in [0.2, 0.25) is 5.91 Å². The van der Waals surface area contributed by atoms with Crippen LogP contribution in [-0.4, -0.2) is 16.8 Å². The number of pyridine rings is 1. The first-order valence-electron chi connectivity index (χ1n) is 7.72. The molecule has 0 aliphatic heterocycles. The number of aryl methyl sites for hydroxylation is 1. The Hall–Kier alpha value is -2.69. The molecule has 1 aromatic carbocycles. The summed E-state index contributed by atoms with van der Waals surface area (Å²) in [4.78, 5) is 27.8. The van der Waals surface area contributed by atoms with Gasteiger partial charge >= 0.3 is 0 Å². The summed E-state index contributed by atoms with van der Waals surface area (Å²) in [6, 6.07) is 11.1. The lowest BCUT2D eigenvalue weighted by atomic mass is 10.2. The lowest BCUT2D eigenvalue weighted by molar-refractivity contribution is -0.117. The van der Waals surface area contributed by atoms with Crippen molar-refractivity contribution in [2.45, 2.75) is 26.3 Å². The average Bonchev–Trinajstić information content (AvgIpc) is 3.39. The zero-order valence-electron chi connectivity index (χ0n) is 13.0. The summed E-state index contributed by atoms with van der Waals surface area (Å²) in [5, 5.41) is 5.75. The van der Waals surface area contributed by atoms with Crippen molar-refractivity contribution in [1.29, 1.82) is 0 Å². The van der Waals surface area contributed by atoms with Crippen LogP contribution in [0.2, 0.25) is 0 Å². The summed E-state index contributed by atoms with van der Waals surface area (Å²) < 4.78 is 0. The Morgan fingerprint density at radius 1 is 1.13 bits per heavy atom. The Labute approximate surface area is 135 Å². The zero-order chi connectivity index (χ0) is 16.2. The zero-order valence-corrected chi connectivity index (χ0v) is 13.0. The molecule has 2 amide bonds. The molecule has 23 heavy (non-hydrogen) atoms. The van der Waals surface area contributed by atoms with Crippen LogP contribution in [0, 0.1) is 12.8 Å². The van der Waals surface area contributed by atoms with Gasteiger partial charge < -0.3 is 10.6 Å². The maximum absolute atomic E-state index is 12.0. The van der Waals surface area contributed by atoms with Crippen LogP contribution in [0.1, 0.15) is 34.5 Å². The van der Waals surface area contributed by atoms with E-state index in [-0.39, 0.29) is 17.7 Å². The normalized spacial score (nSPS) is 13.4. The van der Waals surface area contributed by atoms with Crippen molar-refractivity contribution in [3.05, 3.63) is 59.4 Å². The van der Waals surface area contributed by atoms with Crippen LogP contribution in [0.3, 0.4) is 0 Å². The molecule has 118 valence electrons. The number of nitrogens with zero attached hydrogens (tertiary/aromatic N) is 1. The summed E-state index contributed by atoms with van der Waals surface area (Å²) in [6.45, 7) is 2.31. The van der Waals surface area contributed by atoms with Crippen LogP contribution >= 0.6 is 0 Å². The third-order valence-corrected chi connectivity index (χ3v) is 3.80. The van der Waals surface area contributed by atoms with E-state index in [1.165, 1.54) is 0 Å². The first-order chi connectivity index (χ1) is 11.1. The van der Waals surface area contributed by atoms with Gasteiger partial charge in [0.25, 0.3) is 5.91 Å². The monoisotopic (exact) mass is 309 g/mol. The van der Waals surface area contributed by atoms with E-state index >= 15 is 0 Å². The number of aromatic nitrogens is 1. The van der Waals surface area contributed by atoms with E-state index in [0.717, 1.165) is 29.8 Å². The van der Waals surface area contributed by atoms with Crippen molar-refractivity contribution in [2.24, 2.45) is 5.92 Å². The van der Waals surface area contributed by atoms with Crippen LogP contribution in [0.25, 0.3) is 0 Å². The van der Waals surface area contributed by atoms with E-state index in [1.54, 1.807) is 12.3 Å². The Balaban J connectivity index is 1.52. The Kier molecular flexibility index (Phi) is 4.37. The van der Waals surface area contributed by atoms with Gasteiger partial charge in [-0.05, 0) is 49.6 Å². The molecule has 0 atom stereocenters. The molecule has 0 spiro atoms. The average molecular weight is 309 g/mol. The van der Waals surface area contributed by atoms with Gasteiger partial charge in [0.15, 0.2) is 0 Å². The van der Waals surface area contributed by atoms with Crippen LogP contribution < -0.4 is 10.6 Å². The summed E-state index contributed by atoms with van der Waals surface area (Å²) in [5.74, 6) is 0.138. The molecule has 3 rings (SSSR count). The molecule has 5 nitrogen and oxygen atoms in total. The number of amides is 2. The summed E-state index contributed by atoms with van der Waals surface area (Å²) in [6.07, 6.45) is 3.55. The van der Waals surface area contributed by atoms with Crippen LogP contribution in [0.15, 0.2) is 42.6 Å². The van der Waals surface area contributed by atoms with Crippen molar-refractivity contribution in [3.63, 3.8) is 0 Å². The van der Waals surface area contributed by atoms with E-state index in [4.69, 9.17) is 0 Å². The Morgan fingerprint density at radius 3 is 2.48 bits per heavy atom. The number of carbonyl (C=O) groups excluding carboxylic acids is 2. The molecule has 2 aromatic rings. The highest BCUT2D eigenvalue weighted by Crippen LogP contribution is 2.30. The second-order valence-corrected chi connectivity index (χ2v) is 5.83. The van der Waals surface area contributed by atoms with Gasteiger partial charge in [-0.15, -0.1) is 0 Å². The third-order valence-electron chi connectivity index (χ3n) is 3.80. The predicted octanol–water partition coefficient (Wildman–Crippen LogP) is 2.67. The fraction of sp³-hybridized carbons (Fsp3) is 0.278. The first-order valence-corrected chi connectivity index (χ1v) is 7.72. The number of hydrogen-bond acceptors (Lipinski definition) is 3. The van der Waals surface area contributed by atoms with Gasteiger partial charge in [-0.3, -0.25) is 14.6 Å². The highest BCUT2D eigenvalue weighted by Gasteiger charge is 2.29. The topological polar surface area (TPSA) is 71.1 Å². The summed E-state index contributed by atoms with van der Waals surface area (Å²) in [5.41, 5.74) is 3.19. The van der Waals surface area contributed by atoms with Crippen molar-refractivity contribution in [1.82, 2.24) is 10.3 Å². The van der Waals surface area contributed by atoms with E-state index in [0.29, 0.717) is 12.1 Å². The third kappa shape index (κ3) is 4.16. The molecule has 5 heteroatoms. The van der Waals surface area contributed by atoms with E-state index in [1.807, 2.05) is 37.3 Å². The largest absolute Gasteiger partial charge is 0.348 e.